The van der Waals surface area contributed by atoms with Crippen molar-refractivity contribution >= 4 is 5.91 Å². The minimum Gasteiger partial charge on any atom is -0.361 e. The molecular formula is C26H31N3O2. The fourth-order valence-corrected chi connectivity index (χ4v) is 4.73. The number of carbonyl (C=O) groups is 1. The molecule has 1 saturated heterocycles. The summed E-state index contributed by atoms with van der Waals surface area (Å²) in [4.78, 5) is 17.5. The molecular weight excluding hydrogens is 386 g/mol. The van der Waals surface area contributed by atoms with Crippen LogP contribution in [0.4, 0.5) is 0 Å². The minimum absolute atomic E-state index is 0.166. The lowest BCUT2D eigenvalue weighted by molar-refractivity contribution is -0.143. The van der Waals surface area contributed by atoms with Gasteiger partial charge in [-0.1, -0.05) is 59.8 Å². The predicted octanol–water partition coefficient (Wildman–Crippen LogP) is 4.56. The number of hydrogen-bond acceptors (Lipinski definition) is 4. The van der Waals surface area contributed by atoms with Crippen molar-refractivity contribution in [2.75, 3.05) is 27.2 Å². The van der Waals surface area contributed by atoms with Gasteiger partial charge in [0.15, 0.2) is 0 Å². The number of benzene rings is 2. The van der Waals surface area contributed by atoms with Gasteiger partial charge in [0.1, 0.15) is 11.5 Å². The van der Waals surface area contributed by atoms with E-state index in [1.54, 1.807) is 4.90 Å². The average Bonchev–Trinajstić information content (AvgIpc) is 3.24. The first-order valence-electron chi connectivity index (χ1n) is 11.0. The van der Waals surface area contributed by atoms with Gasteiger partial charge in [-0.25, -0.2) is 0 Å². The first-order valence-corrected chi connectivity index (χ1v) is 11.0. The van der Waals surface area contributed by atoms with Crippen LogP contribution in [0, 0.1) is 12.3 Å². The molecule has 2 heterocycles. The van der Waals surface area contributed by atoms with Gasteiger partial charge in [-0.3, -0.25) is 9.69 Å². The summed E-state index contributed by atoms with van der Waals surface area (Å²) in [6.45, 7) is 4.74. The van der Waals surface area contributed by atoms with Crippen LogP contribution >= 0.6 is 0 Å². The Labute approximate surface area is 184 Å². The zero-order valence-electron chi connectivity index (χ0n) is 18.7. The van der Waals surface area contributed by atoms with Crippen LogP contribution in [0.25, 0.3) is 11.3 Å². The number of amides is 1. The van der Waals surface area contributed by atoms with E-state index in [2.05, 4.69) is 41.2 Å². The zero-order chi connectivity index (χ0) is 21.8. The summed E-state index contributed by atoms with van der Waals surface area (Å²) in [5, 5.41) is 4.27. The maximum absolute atomic E-state index is 13.4. The summed E-state index contributed by atoms with van der Waals surface area (Å²) < 4.78 is 5.71. The largest absolute Gasteiger partial charge is 0.361 e. The zero-order valence-corrected chi connectivity index (χ0v) is 18.7. The number of nitrogens with zero attached hydrogens (tertiary/aromatic N) is 3. The summed E-state index contributed by atoms with van der Waals surface area (Å²) >= 11 is 0. The Hall–Kier alpha value is -2.92. The standard InChI is InChI=1S/C26H31N3O2/c1-20-10-7-8-13-22(20)18-29-15-9-14-26(19-29,25(30)28(2)3)17-23-16-24(27-31-23)21-11-5-4-6-12-21/h4-8,10-13,16H,9,14-15,17-19H2,1-3H3. The third-order valence-electron chi connectivity index (χ3n) is 6.31. The highest BCUT2D eigenvalue weighted by Gasteiger charge is 2.44. The summed E-state index contributed by atoms with van der Waals surface area (Å²) in [6, 6.07) is 20.5. The molecule has 1 aliphatic heterocycles. The number of likely N-dealkylation sites (tertiary alicyclic amines) is 1. The highest BCUT2D eigenvalue weighted by atomic mass is 16.5. The lowest BCUT2D eigenvalue weighted by Gasteiger charge is -2.42. The van der Waals surface area contributed by atoms with Crippen LogP contribution in [-0.4, -0.2) is 48.0 Å². The van der Waals surface area contributed by atoms with Gasteiger partial charge in [-0.15, -0.1) is 0 Å². The summed E-state index contributed by atoms with van der Waals surface area (Å²) in [5.41, 5.74) is 3.95. The molecule has 1 fully saturated rings. The molecule has 5 nitrogen and oxygen atoms in total. The molecule has 1 aliphatic rings. The molecule has 162 valence electrons. The van der Waals surface area contributed by atoms with E-state index in [1.807, 2.05) is 50.5 Å². The number of carbonyl (C=O) groups excluding carboxylic acids is 1. The van der Waals surface area contributed by atoms with Crippen molar-refractivity contribution < 1.29 is 9.32 Å². The van der Waals surface area contributed by atoms with Gasteiger partial charge < -0.3 is 9.42 Å². The summed E-state index contributed by atoms with van der Waals surface area (Å²) in [6.07, 6.45) is 2.41. The molecule has 0 aliphatic carbocycles. The van der Waals surface area contributed by atoms with E-state index in [-0.39, 0.29) is 5.91 Å². The lowest BCUT2D eigenvalue weighted by atomic mass is 9.75. The smallest absolute Gasteiger partial charge is 0.230 e. The number of aromatic nitrogens is 1. The van der Waals surface area contributed by atoms with Gasteiger partial charge in [-0.05, 0) is 37.4 Å². The molecule has 1 atom stereocenters. The Kier molecular flexibility index (Phi) is 6.23. The van der Waals surface area contributed by atoms with Crippen molar-refractivity contribution in [3.05, 3.63) is 77.6 Å². The van der Waals surface area contributed by atoms with Gasteiger partial charge >= 0.3 is 0 Å². The van der Waals surface area contributed by atoms with Crippen molar-refractivity contribution in [1.29, 1.82) is 0 Å². The van der Waals surface area contributed by atoms with Gasteiger partial charge in [0, 0.05) is 45.2 Å². The Morgan fingerprint density at radius 2 is 1.87 bits per heavy atom. The van der Waals surface area contributed by atoms with E-state index in [4.69, 9.17) is 4.52 Å². The normalized spacial score (nSPS) is 19.3. The topological polar surface area (TPSA) is 49.6 Å². The molecule has 0 saturated carbocycles. The van der Waals surface area contributed by atoms with Crippen LogP contribution in [0.3, 0.4) is 0 Å². The van der Waals surface area contributed by atoms with Crippen LogP contribution in [0.1, 0.15) is 29.7 Å². The SMILES string of the molecule is Cc1ccccc1CN1CCCC(Cc2cc(-c3ccccc3)no2)(C(=O)N(C)C)C1. The highest BCUT2D eigenvalue weighted by Crippen LogP contribution is 2.37. The minimum atomic E-state index is -0.502. The third-order valence-corrected chi connectivity index (χ3v) is 6.31. The van der Waals surface area contributed by atoms with Crippen molar-refractivity contribution in [2.24, 2.45) is 5.41 Å². The fourth-order valence-electron chi connectivity index (χ4n) is 4.73. The van der Waals surface area contributed by atoms with Crippen LogP contribution in [0.5, 0.6) is 0 Å². The van der Waals surface area contributed by atoms with Gasteiger partial charge in [0.25, 0.3) is 0 Å². The number of hydrogen-bond donors (Lipinski definition) is 0. The summed E-state index contributed by atoms with van der Waals surface area (Å²) in [7, 11) is 3.69. The first-order chi connectivity index (χ1) is 15.0. The van der Waals surface area contributed by atoms with Crippen molar-refractivity contribution in [3.63, 3.8) is 0 Å². The third kappa shape index (κ3) is 4.72. The van der Waals surface area contributed by atoms with E-state index in [1.165, 1.54) is 11.1 Å². The molecule has 0 radical (unpaired) electrons. The van der Waals surface area contributed by atoms with Crippen LogP contribution in [0.2, 0.25) is 0 Å². The molecule has 1 aromatic heterocycles. The summed E-state index contributed by atoms with van der Waals surface area (Å²) in [5.74, 6) is 0.937. The predicted molar refractivity (Wildman–Crippen MR) is 122 cm³/mol. The van der Waals surface area contributed by atoms with Crippen molar-refractivity contribution in [1.82, 2.24) is 15.0 Å². The Morgan fingerprint density at radius 1 is 1.13 bits per heavy atom. The number of rotatable bonds is 6. The first kappa shape index (κ1) is 21.3. The Balaban J connectivity index is 1.58. The molecule has 0 bridgehead atoms. The molecule has 5 heteroatoms. The highest BCUT2D eigenvalue weighted by molar-refractivity contribution is 5.83. The van der Waals surface area contributed by atoms with E-state index in [9.17, 15) is 4.79 Å². The van der Waals surface area contributed by atoms with E-state index in [0.29, 0.717) is 6.42 Å². The maximum Gasteiger partial charge on any atom is 0.230 e. The van der Waals surface area contributed by atoms with E-state index >= 15 is 0 Å². The number of aryl methyl sites for hydroxylation is 1. The molecule has 0 N–H and O–H groups in total. The second kappa shape index (κ2) is 9.06. The monoisotopic (exact) mass is 417 g/mol. The second-order valence-electron chi connectivity index (χ2n) is 8.94. The molecule has 1 unspecified atom stereocenters. The van der Waals surface area contributed by atoms with Gasteiger partial charge in [-0.2, -0.15) is 0 Å². The quantitative estimate of drug-likeness (QED) is 0.590. The molecule has 0 spiro atoms. The van der Waals surface area contributed by atoms with E-state index < -0.39 is 5.41 Å². The molecule has 2 aromatic carbocycles. The Morgan fingerprint density at radius 3 is 2.61 bits per heavy atom. The van der Waals surface area contributed by atoms with Crippen LogP contribution in [-0.2, 0) is 17.8 Å². The van der Waals surface area contributed by atoms with E-state index in [0.717, 1.165) is 49.5 Å². The van der Waals surface area contributed by atoms with Crippen LogP contribution < -0.4 is 0 Å². The molecule has 31 heavy (non-hydrogen) atoms. The van der Waals surface area contributed by atoms with Crippen LogP contribution in [0.15, 0.2) is 65.2 Å². The lowest BCUT2D eigenvalue weighted by Crippen LogP contribution is -2.52. The maximum atomic E-state index is 13.4. The average molecular weight is 418 g/mol. The Bertz CT molecular complexity index is 1030. The van der Waals surface area contributed by atoms with Crippen molar-refractivity contribution in [3.8, 4) is 11.3 Å². The van der Waals surface area contributed by atoms with Gasteiger partial charge in [0.05, 0.1) is 5.41 Å². The molecule has 3 aromatic rings. The van der Waals surface area contributed by atoms with Crippen molar-refractivity contribution in [2.45, 2.75) is 32.7 Å². The fraction of sp³-hybridized carbons (Fsp3) is 0.385. The number of piperidine rings is 1. The molecule has 1 amide bonds. The second-order valence-corrected chi connectivity index (χ2v) is 8.94. The molecule has 4 rings (SSSR count). The van der Waals surface area contributed by atoms with Gasteiger partial charge in [0.2, 0.25) is 5.91 Å².